The largest absolute Gasteiger partial charge is 0.354 e. The van der Waals surface area contributed by atoms with Gasteiger partial charge in [0.15, 0.2) is 0 Å². The average molecular weight is 335 g/mol. The van der Waals surface area contributed by atoms with Gasteiger partial charge in [0.25, 0.3) is 0 Å². The second kappa shape index (κ2) is 6.60. The van der Waals surface area contributed by atoms with E-state index in [-0.39, 0.29) is 36.5 Å². The lowest BCUT2D eigenvalue weighted by atomic mass is 10.2. The van der Waals surface area contributed by atoms with E-state index in [1.165, 1.54) is 12.1 Å². The third-order valence-corrected chi connectivity index (χ3v) is 3.38. The zero-order valence-electron chi connectivity index (χ0n) is 11.2. The number of carbonyl (C=O) groups excluding carboxylic acids is 1. The molecule has 0 saturated heterocycles. The van der Waals surface area contributed by atoms with Crippen molar-refractivity contribution in [3.8, 4) is 0 Å². The maximum atomic E-state index is 13.0. The van der Waals surface area contributed by atoms with Crippen LogP contribution in [-0.2, 0) is 11.2 Å². The Bertz CT molecular complexity index is 642. The van der Waals surface area contributed by atoms with E-state index in [0.29, 0.717) is 18.5 Å². The van der Waals surface area contributed by atoms with Gasteiger partial charge >= 0.3 is 0 Å². The van der Waals surface area contributed by atoms with E-state index in [0.717, 1.165) is 24.2 Å². The molecular formula is C13H17Cl2FN4O. The van der Waals surface area contributed by atoms with Crippen molar-refractivity contribution < 1.29 is 9.18 Å². The number of rotatable bonds is 4. The number of halogens is 3. The third-order valence-electron chi connectivity index (χ3n) is 3.38. The number of aromatic nitrogens is 2. The molecule has 8 heteroatoms. The molecule has 1 saturated carbocycles. The van der Waals surface area contributed by atoms with Crippen LogP contribution in [0.4, 0.5) is 4.39 Å². The molecule has 0 spiro atoms. The minimum absolute atomic E-state index is 0. The minimum atomic E-state index is -0.642. The number of imidazole rings is 1. The number of carbonyl (C=O) groups is 1. The summed E-state index contributed by atoms with van der Waals surface area (Å²) in [5.41, 5.74) is 6.52. The fraction of sp³-hybridized carbons (Fsp3) is 0.385. The maximum Gasteiger partial charge on any atom is 0.240 e. The number of aromatic amines is 1. The molecule has 4 N–H and O–H groups in total. The van der Waals surface area contributed by atoms with Gasteiger partial charge in [0.1, 0.15) is 11.6 Å². The van der Waals surface area contributed by atoms with Gasteiger partial charge in [0.2, 0.25) is 5.91 Å². The zero-order chi connectivity index (χ0) is 13.5. The highest BCUT2D eigenvalue weighted by Gasteiger charge is 2.45. The smallest absolute Gasteiger partial charge is 0.240 e. The van der Waals surface area contributed by atoms with Gasteiger partial charge in [-0.3, -0.25) is 4.79 Å². The SMILES string of the molecule is Cl.Cl.NC1(C(=O)NCCc2nc3ccc(F)cc3[nH]2)CC1. The standard InChI is InChI=1S/C13H15FN4O.2ClH/c14-8-1-2-9-10(7-8)18-11(17-9)3-6-16-12(19)13(15)4-5-13;;/h1-2,7H,3-6,15H2,(H,16,19)(H,17,18);2*1H. The Balaban J connectivity index is 0.00000110. The first kappa shape index (κ1) is 17.7. The van der Waals surface area contributed by atoms with Crippen LogP contribution in [0.25, 0.3) is 11.0 Å². The first-order valence-electron chi connectivity index (χ1n) is 6.28. The highest BCUT2D eigenvalue weighted by atomic mass is 35.5. The van der Waals surface area contributed by atoms with Crippen molar-refractivity contribution >= 4 is 41.8 Å². The molecule has 2 aromatic rings. The summed E-state index contributed by atoms with van der Waals surface area (Å²) in [7, 11) is 0. The van der Waals surface area contributed by atoms with E-state index < -0.39 is 5.54 Å². The van der Waals surface area contributed by atoms with Crippen molar-refractivity contribution in [2.24, 2.45) is 5.73 Å². The van der Waals surface area contributed by atoms with Crippen LogP contribution in [0.1, 0.15) is 18.7 Å². The summed E-state index contributed by atoms with van der Waals surface area (Å²) in [6, 6.07) is 4.41. The topological polar surface area (TPSA) is 83.8 Å². The van der Waals surface area contributed by atoms with E-state index >= 15 is 0 Å². The minimum Gasteiger partial charge on any atom is -0.354 e. The normalized spacial score (nSPS) is 15.0. The van der Waals surface area contributed by atoms with E-state index in [1.54, 1.807) is 6.07 Å². The van der Waals surface area contributed by atoms with Crippen LogP contribution in [0.2, 0.25) is 0 Å². The summed E-state index contributed by atoms with van der Waals surface area (Å²) in [5.74, 6) is 0.326. The van der Waals surface area contributed by atoms with Gasteiger partial charge < -0.3 is 16.0 Å². The van der Waals surface area contributed by atoms with Crippen LogP contribution in [0.15, 0.2) is 18.2 Å². The summed E-state index contributed by atoms with van der Waals surface area (Å²) in [6.45, 7) is 0.472. The van der Waals surface area contributed by atoms with Crippen LogP contribution in [-0.4, -0.2) is 28.0 Å². The Morgan fingerprint density at radius 1 is 1.43 bits per heavy atom. The molecule has 1 aromatic carbocycles. The number of amides is 1. The number of hydrogen-bond donors (Lipinski definition) is 3. The fourth-order valence-corrected chi connectivity index (χ4v) is 1.99. The predicted octanol–water partition coefficient (Wildman–Crippen LogP) is 1.70. The molecule has 1 amide bonds. The van der Waals surface area contributed by atoms with E-state index in [4.69, 9.17) is 5.73 Å². The Morgan fingerprint density at radius 2 is 2.14 bits per heavy atom. The first-order valence-corrected chi connectivity index (χ1v) is 6.28. The van der Waals surface area contributed by atoms with Crippen molar-refractivity contribution in [1.82, 2.24) is 15.3 Å². The van der Waals surface area contributed by atoms with Gasteiger partial charge in [0, 0.05) is 13.0 Å². The molecular weight excluding hydrogens is 318 g/mol. The Kier molecular flexibility index (Phi) is 5.55. The van der Waals surface area contributed by atoms with Crippen LogP contribution < -0.4 is 11.1 Å². The second-order valence-electron chi connectivity index (χ2n) is 5.01. The molecule has 1 fully saturated rings. The Morgan fingerprint density at radius 3 is 2.81 bits per heavy atom. The number of benzene rings is 1. The molecule has 0 radical (unpaired) electrons. The highest BCUT2D eigenvalue weighted by Crippen LogP contribution is 2.31. The second-order valence-corrected chi connectivity index (χ2v) is 5.01. The number of nitrogens with one attached hydrogen (secondary N) is 2. The number of nitrogens with two attached hydrogens (primary N) is 1. The van der Waals surface area contributed by atoms with Crippen molar-refractivity contribution in [2.75, 3.05) is 6.54 Å². The summed E-state index contributed by atoms with van der Waals surface area (Å²) >= 11 is 0. The third kappa shape index (κ3) is 3.84. The molecule has 3 rings (SSSR count). The lowest BCUT2D eigenvalue weighted by molar-refractivity contribution is -0.123. The highest BCUT2D eigenvalue weighted by molar-refractivity contribution is 5.89. The molecule has 1 aliphatic rings. The number of nitrogens with zero attached hydrogens (tertiary/aromatic N) is 1. The molecule has 0 aliphatic heterocycles. The van der Waals surface area contributed by atoms with Crippen molar-refractivity contribution in [1.29, 1.82) is 0 Å². The Hall–Kier alpha value is -1.37. The lowest BCUT2D eigenvalue weighted by Crippen LogP contribution is -2.43. The fourth-order valence-electron chi connectivity index (χ4n) is 1.99. The quantitative estimate of drug-likeness (QED) is 0.795. The van der Waals surface area contributed by atoms with Crippen molar-refractivity contribution in [3.05, 3.63) is 29.8 Å². The van der Waals surface area contributed by atoms with E-state index in [1.807, 2.05) is 0 Å². The number of hydrogen-bond acceptors (Lipinski definition) is 3. The molecule has 1 heterocycles. The molecule has 0 atom stereocenters. The number of H-pyrrole nitrogens is 1. The zero-order valence-corrected chi connectivity index (χ0v) is 12.8. The summed E-state index contributed by atoms with van der Waals surface area (Å²) in [5, 5.41) is 2.79. The summed E-state index contributed by atoms with van der Waals surface area (Å²) in [4.78, 5) is 19.0. The number of fused-ring (bicyclic) bond motifs is 1. The van der Waals surface area contributed by atoms with Gasteiger partial charge in [-0.25, -0.2) is 9.37 Å². The van der Waals surface area contributed by atoms with Crippen LogP contribution in [0.5, 0.6) is 0 Å². The van der Waals surface area contributed by atoms with E-state index in [2.05, 4.69) is 15.3 Å². The van der Waals surface area contributed by atoms with Crippen molar-refractivity contribution in [2.45, 2.75) is 24.8 Å². The molecule has 116 valence electrons. The molecule has 5 nitrogen and oxygen atoms in total. The molecule has 21 heavy (non-hydrogen) atoms. The molecule has 1 aromatic heterocycles. The molecule has 1 aliphatic carbocycles. The van der Waals surface area contributed by atoms with Crippen LogP contribution in [0.3, 0.4) is 0 Å². The van der Waals surface area contributed by atoms with Crippen molar-refractivity contribution in [3.63, 3.8) is 0 Å². The van der Waals surface area contributed by atoms with Gasteiger partial charge in [-0.1, -0.05) is 0 Å². The predicted molar refractivity (Wildman–Crippen MR) is 83.4 cm³/mol. The van der Waals surface area contributed by atoms with Crippen LogP contribution in [0, 0.1) is 5.82 Å². The van der Waals surface area contributed by atoms with Gasteiger partial charge in [-0.2, -0.15) is 0 Å². The van der Waals surface area contributed by atoms with Gasteiger partial charge in [0.05, 0.1) is 16.6 Å². The summed E-state index contributed by atoms with van der Waals surface area (Å²) < 4.78 is 13.0. The first-order chi connectivity index (χ1) is 9.07. The van der Waals surface area contributed by atoms with Gasteiger partial charge in [-0.05, 0) is 31.0 Å². The summed E-state index contributed by atoms with van der Waals surface area (Å²) in [6.07, 6.45) is 2.07. The lowest BCUT2D eigenvalue weighted by Gasteiger charge is -2.08. The Labute approximate surface area is 133 Å². The van der Waals surface area contributed by atoms with Crippen LogP contribution >= 0.6 is 24.8 Å². The van der Waals surface area contributed by atoms with E-state index in [9.17, 15) is 9.18 Å². The molecule has 0 unspecified atom stereocenters. The van der Waals surface area contributed by atoms with Gasteiger partial charge in [-0.15, -0.1) is 24.8 Å². The molecule has 0 bridgehead atoms. The monoisotopic (exact) mass is 334 g/mol. The average Bonchev–Trinajstić information content (AvgIpc) is 3.00. The maximum absolute atomic E-state index is 13.0.